The van der Waals surface area contributed by atoms with Crippen LogP contribution in [0.3, 0.4) is 0 Å². The smallest absolute Gasteiger partial charge is 0.161 e. The van der Waals surface area contributed by atoms with Crippen molar-refractivity contribution in [3.63, 3.8) is 0 Å². The maximum Gasteiger partial charge on any atom is 0.161 e. The quantitative estimate of drug-likeness (QED) is 0.157. The van der Waals surface area contributed by atoms with Gasteiger partial charge in [-0.25, -0.2) is 0 Å². The number of carbonyl (C=O) groups excluding carboxylic acids is 1. The topological polar surface area (TPSA) is 236 Å². The third kappa shape index (κ3) is 10.7. The third-order valence-electron chi connectivity index (χ3n) is 20.2. The molecule has 0 amide bonds. The van der Waals surface area contributed by atoms with E-state index in [4.69, 9.17) is 71.1 Å². The molecular formula is C56H92O20. The second-order valence-corrected chi connectivity index (χ2v) is 24.2. The van der Waals surface area contributed by atoms with Crippen LogP contribution in [0.4, 0.5) is 0 Å². The molecule has 76 heavy (non-hydrogen) atoms. The van der Waals surface area contributed by atoms with E-state index in [2.05, 4.69) is 13.0 Å². The van der Waals surface area contributed by atoms with Gasteiger partial charge in [0.25, 0.3) is 0 Å². The number of rotatable bonds is 16. The summed E-state index contributed by atoms with van der Waals surface area (Å²) in [5.74, 6) is -0.939. The zero-order valence-electron chi connectivity index (χ0n) is 47.2. The van der Waals surface area contributed by atoms with E-state index in [-0.39, 0.29) is 42.9 Å². The van der Waals surface area contributed by atoms with Crippen LogP contribution in [-0.4, -0.2) is 208 Å². The van der Waals surface area contributed by atoms with E-state index in [1.807, 2.05) is 27.7 Å². The first-order valence-corrected chi connectivity index (χ1v) is 28.2. The molecule has 0 spiro atoms. The van der Waals surface area contributed by atoms with E-state index < -0.39 is 145 Å². The Morgan fingerprint density at radius 2 is 0.947 bits per heavy atom. The van der Waals surface area contributed by atoms with Crippen molar-refractivity contribution < 1.29 is 96.3 Å². The molecule has 9 rings (SSSR count). The van der Waals surface area contributed by atoms with Crippen LogP contribution in [0, 0.1) is 22.7 Å². The number of methoxy groups -OCH3 is 5. The van der Waals surface area contributed by atoms with Crippen molar-refractivity contribution in [1.82, 2.24) is 0 Å². The summed E-state index contributed by atoms with van der Waals surface area (Å²) >= 11 is 0. The molecule has 0 radical (unpaired) electrons. The molecule has 0 aromatic carbocycles. The van der Waals surface area contributed by atoms with Gasteiger partial charge in [-0.1, -0.05) is 25.5 Å². The number of aliphatic hydroxyl groups is 4. The predicted molar refractivity (Wildman–Crippen MR) is 269 cm³/mol. The van der Waals surface area contributed by atoms with Gasteiger partial charge in [0.2, 0.25) is 0 Å². The highest BCUT2D eigenvalue weighted by molar-refractivity contribution is 5.80. The van der Waals surface area contributed by atoms with Gasteiger partial charge < -0.3 is 91.5 Å². The van der Waals surface area contributed by atoms with Crippen LogP contribution >= 0.6 is 0 Å². The van der Waals surface area contributed by atoms with Crippen molar-refractivity contribution in [2.75, 3.05) is 35.5 Å². The van der Waals surface area contributed by atoms with Gasteiger partial charge in [-0.2, -0.15) is 0 Å². The Kier molecular flexibility index (Phi) is 18.3. The standard InChI is InChI=1S/C56H92O20/c1-27(57)35-16-19-56(61)54(35,8)42(58)26-41-53(7)17-15-34(20-33(53)14-18-55(41,56)60)72-43-22-37(63-10)49(29(3)68-43)74-45-24-39(65-12)51(31(5)70-45)76-47-25-40(66-13)52(32(6)71-47)75-46-23-38(64-11)50(30(4)69-46)73-44-21-36(62-9)48(59)28(2)67-44/h14,28-32,34-52,58-61H,15-26H2,1-13H3/t28-,29-,30-,31-,32-,34+,35-,36-,37-,38+,39-,40-,41-,42-,43+,44+,45+,46+,47+,48-,49-,50-,51-,52-,53+,54+,55+,56-/m1/s1. The minimum atomic E-state index is -1.59. The summed E-state index contributed by atoms with van der Waals surface area (Å²) in [7, 11) is 8.18. The number of Topliss-reactive ketones (excluding diaryl/α,β-unsaturated/α-hetero) is 1. The van der Waals surface area contributed by atoms with Crippen molar-refractivity contribution >= 4 is 5.78 Å². The largest absolute Gasteiger partial charge is 0.392 e. The van der Waals surface area contributed by atoms with Crippen LogP contribution in [0.1, 0.15) is 132 Å². The molecule has 5 aliphatic heterocycles. The predicted octanol–water partition coefficient (Wildman–Crippen LogP) is 4.39. The third-order valence-corrected chi connectivity index (χ3v) is 20.2. The molecule has 0 aromatic heterocycles. The Balaban J connectivity index is 0.754. The van der Waals surface area contributed by atoms with E-state index in [1.165, 1.54) is 12.5 Å². The molecular weight excluding hydrogens is 993 g/mol. The zero-order chi connectivity index (χ0) is 54.8. The van der Waals surface area contributed by atoms with Crippen molar-refractivity contribution in [3.8, 4) is 0 Å². The first-order chi connectivity index (χ1) is 36.0. The van der Waals surface area contributed by atoms with E-state index in [0.29, 0.717) is 64.2 Å². The molecule has 20 heteroatoms. The monoisotopic (exact) mass is 1080 g/mol. The summed E-state index contributed by atoms with van der Waals surface area (Å²) in [6.07, 6.45) is -3.48. The Bertz CT molecular complexity index is 2000. The maximum absolute atomic E-state index is 12.8. The molecule has 3 saturated carbocycles. The second-order valence-electron chi connectivity index (χ2n) is 24.2. The zero-order valence-corrected chi connectivity index (χ0v) is 47.2. The summed E-state index contributed by atoms with van der Waals surface area (Å²) in [6.45, 7) is 15.0. The summed E-state index contributed by atoms with van der Waals surface area (Å²) in [6, 6.07) is 0. The Morgan fingerprint density at radius 1 is 0.553 bits per heavy atom. The Morgan fingerprint density at radius 3 is 1.36 bits per heavy atom. The van der Waals surface area contributed by atoms with Crippen LogP contribution in [0.2, 0.25) is 0 Å². The molecule has 0 aromatic rings. The molecule has 28 atom stereocenters. The summed E-state index contributed by atoms with van der Waals surface area (Å²) < 4.78 is 94.6. The number of ether oxygens (including phenoxy) is 15. The van der Waals surface area contributed by atoms with Crippen molar-refractivity contribution in [1.29, 1.82) is 0 Å². The lowest BCUT2D eigenvalue weighted by Crippen LogP contribution is -2.75. The van der Waals surface area contributed by atoms with Gasteiger partial charge in [-0.15, -0.1) is 0 Å². The minimum absolute atomic E-state index is 0.0545. The van der Waals surface area contributed by atoms with Gasteiger partial charge >= 0.3 is 0 Å². The first-order valence-electron chi connectivity index (χ1n) is 28.2. The van der Waals surface area contributed by atoms with E-state index in [0.717, 1.165) is 0 Å². The number of aliphatic hydroxyl groups excluding tert-OH is 2. The molecule has 5 saturated heterocycles. The molecule has 5 heterocycles. The fourth-order valence-electron chi connectivity index (χ4n) is 15.7. The number of ketones is 1. The van der Waals surface area contributed by atoms with E-state index in [9.17, 15) is 25.2 Å². The van der Waals surface area contributed by atoms with Gasteiger partial charge in [-0.3, -0.25) is 4.79 Å². The van der Waals surface area contributed by atoms with E-state index >= 15 is 0 Å². The van der Waals surface area contributed by atoms with Crippen LogP contribution in [0.5, 0.6) is 0 Å². The highest BCUT2D eigenvalue weighted by Gasteiger charge is 2.76. The van der Waals surface area contributed by atoms with Crippen LogP contribution < -0.4 is 0 Å². The SMILES string of the molecule is CO[C@H]1C[C@H](O[C@@H]2[C@@H](C)O[C@@H](O[C@@H]3[C@@H](C)O[C@@H](O[C@@H]4[C@@H](C)O[C@@H](O[C@H]5CC[C@@]6(C)C(=CC[C@]7(O)[C@@H]6C[C@@H](O)[C@]6(C)[C@@H](C(C)=O)CC[C@@]67O)C5)C[C@H]4OC)C[C@H]3OC)C[C@H]2OC)O[C@H](C)[C@H]1O[C@H]1C[C@@H](OC)[C@H](O)[C@@H](C)O1. The van der Waals surface area contributed by atoms with Crippen molar-refractivity contribution in [2.24, 2.45) is 22.7 Å². The number of hydrogen-bond donors (Lipinski definition) is 4. The number of hydrogen-bond acceptors (Lipinski definition) is 20. The summed E-state index contributed by atoms with van der Waals surface area (Å²) in [5.41, 5.74) is -3.47. The summed E-state index contributed by atoms with van der Waals surface area (Å²) in [4.78, 5) is 12.8. The molecule has 436 valence electrons. The summed E-state index contributed by atoms with van der Waals surface area (Å²) in [5, 5.41) is 47.2. The lowest BCUT2D eigenvalue weighted by atomic mass is 9.43. The Hall–Kier alpha value is -1.35. The highest BCUT2D eigenvalue weighted by Crippen LogP contribution is 2.69. The maximum atomic E-state index is 12.8. The highest BCUT2D eigenvalue weighted by atomic mass is 16.8. The van der Waals surface area contributed by atoms with Crippen molar-refractivity contribution in [3.05, 3.63) is 11.6 Å². The molecule has 4 aliphatic carbocycles. The van der Waals surface area contributed by atoms with Gasteiger partial charge in [0.15, 0.2) is 31.5 Å². The normalized spacial score (nSPS) is 52.8. The lowest BCUT2D eigenvalue weighted by molar-refractivity contribution is -0.352. The molecule has 4 N–H and O–H groups in total. The number of carbonyl (C=O) groups is 1. The lowest BCUT2D eigenvalue weighted by Gasteiger charge is -2.66. The van der Waals surface area contributed by atoms with E-state index in [1.54, 1.807) is 49.4 Å². The second kappa shape index (κ2) is 23.5. The van der Waals surface area contributed by atoms with Crippen LogP contribution in [-0.2, 0) is 75.8 Å². The molecule has 20 nitrogen and oxygen atoms in total. The number of fused-ring (bicyclic) bond motifs is 5. The average Bonchev–Trinajstić information content (AvgIpc) is 3.86. The van der Waals surface area contributed by atoms with Crippen LogP contribution in [0.15, 0.2) is 11.6 Å². The fourth-order valence-corrected chi connectivity index (χ4v) is 15.7. The van der Waals surface area contributed by atoms with Gasteiger partial charge in [0.05, 0.1) is 73.2 Å². The van der Waals surface area contributed by atoms with Crippen LogP contribution in [0.25, 0.3) is 0 Å². The molecule has 8 fully saturated rings. The fraction of sp³-hybridized carbons (Fsp3) is 0.946. The van der Waals surface area contributed by atoms with Crippen molar-refractivity contribution in [2.45, 2.75) is 279 Å². The first kappa shape index (κ1) is 59.3. The molecule has 0 unspecified atom stereocenters. The van der Waals surface area contributed by atoms with Gasteiger partial charge in [-0.05, 0) is 91.9 Å². The van der Waals surface area contributed by atoms with Gasteiger partial charge in [0.1, 0.15) is 47.5 Å². The molecule has 9 aliphatic rings. The average molecular weight is 1090 g/mol. The minimum Gasteiger partial charge on any atom is -0.392 e. The van der Waals surface area contributed by atoms with Gasteiger partial charge in [0, 0.05) is 84.9 Å². The molecule has 0 bridgehead atoms. The Labute approximate surface area is 449 Å².